The quantitative estimate of drug-likeness (QED) is 0.377. The van der Waals surface area contributed by atoms with Gasteiger partial charge in [-0.3, -0.25) is 4.79 Å². The minimum atomic E-state index is -0.162. The number of esters is 1. The zero-order valence-corrected chi connectivity index (χ0v) is 20.9. The Bertz CT molecular complexity index is 638. The van der Waals surface area contributed by atoms with E-state index < -0.39 is 0 Å². The molecule has 0 atom stereocenters. The van der Waals surface area contributed by atoms with Crippen molar-refractivity contribution in [3.05, 3.63) is 28.8 Å². The molecule has 0 heterocycles. The number of phenols is 1. The Hall–Kier alpha value is -1.16. The largest absolute Gasteiger partial charge is 0.507 e. The van der Waals surface area contributed by atoms with E-state index in [2.05, 4.69) is 62.3 Å². The summed E-state index contributed by atoms with van der Waals surface area (Å²) in [5.41, 5.74) is 2.97. The minimum absolute atomic E-state index is 0.149. The Labute approximate surface area is 183 Å². The second kappa shape index (κ2) is 10.2. The predicted octanol–water partition coefficient (Wildman–Crippen LogP) is 6.63. The van der Waals surface area contributed by atoms with Crippen molar-refractivity contribution in [3.63, 3.8) is 0 Å². The molecule has 1 aromatic carbocycles. The van der Waals surface area contributed by atoms with E-state index >= 15 is 0 Å². The van der Waals surface area contributed by atoms with Crippen LogP contribution in [0.15, 0.2) is 12.1 Å². The van der Waals surface area contributed by atoms with Crippen LogP contribution in [0.1, 0.15) is 91.8 Å². The molecule has 0 spiro atoms. The van der Waals surface area contributed by atoms with Gasteiger partial charge in [0.1, 0.15) is 12.4 Å². The van der Waals surface area contributed by atoms with Crippen LogP contribution < -0.4 is 0 Å². The van der Waals surface area contributed by atoms with Gasteiger partial charge >= 0.3 is 5.97 Å². The van der Waals surface area contributed by atoms with Crippen molar-refractivity contribution in [2.75, 3.05) is 18.1 Å². The third-order valence-electron chi connectivity index (χ3n) is 4.89. The molecule has 29 heavy (non-hydrogen) atoms. The van der Waals surface area contributed by atoms with Crippen LogP contribution in [0.25, 0.3) is 0 Å². The average molecular weight is 423 g/mol. The first-order valence-corrected chi connectivity index (χ1v) is 11.9. The number of rotatable bonds is 8. The second-order valence-electron chi connectivity index (χ2n) is 11.2. The van der Waals surface area contributed by atoms with E-state index in [0.29, 0.717) is 30.6 Å². The highest BCUT2D eigenvalue weighted by atomic mass is 32.2. The number of hydrogen-bond donors (Lipinski definition) is 1. The second-order valence-corrected chi connectivity index (χ2v) is 12.4. The number of carbonyl (C=O) groups is 1. The number of carbonyl (C=O) groups excluding carboxylic acids is 1. The van der Waals surface area contributed by atoms with Gasteiger partial charge in [-0.15, -0.1) is 0 Å². The fourth-order valence-electron chi connectivity index (χ4n) is 3.00. The highest BCUT2D eigenvalue weighted by Crippen LogP contribution is 2.40. The van der Waals surface area contributed by atoms with Crippen LogP contribution in [0.5, 0.6) is 5.75 Å². The summed E-state index contributed by atoms with van der Waals surface area (Å²) in [7, 11) is 0. The Morgan fingerprint density at radius 3 is 1.90 bits per heavy atom. The minimum Gasteiger partial charge on any atom is -0.507 e. The van der Waals surface area contributed by atoms with Gasteiger partial charge in [-0.1, -0.05) is 74.4 Å². The number of phenolic OH excluding ortho intramolecular Hbond substituents is 1. The molecule has 0 bridgehead atoms. The van der Waals surface area contributed by atoms with E-state index in [1.807, 2.05) is 23.9 Å². The number of aryl methyl sites for hydroxylation is 1. The van der Waals surface area contributed by atoms with Gasteiger partial charge in [0.2, 0.25) is 0 Å². The molecule has 0 fully saturated rings. The van der Waals surface area contributed by atoms with Crippen molar-refractivity contribution in [1.82, 2.24) is 0 Å². The van der Waals surface area contributed by atoms with Gasteiger partial charge in [0.15, 0.2) is 0 Å². The lowest BCUT2D eigenvalue weighted by Crippen LogP contribution is -2.18. The smallest absolute Gasteiger partial charge is 0.306 e. The molecule has 0 amide bonds. The molecule has 4 heteroatoms. The SMILES string of the molecule is CC(C)(C)CCSCCOC(=O)CCc1cc(C(C)(C)C)c(O)c(C(C)(C)C)c1. The van der Waals surface area contributed by atoms with Crippen LogP contribution in [-0.2, 0) is 26.8 Å². The summed E-state index contributed by atoms with van der Waals surface area (Å²) < 4.78 is 5.41. The highest BCUT2D eigenvalue weighted by Gasteiger charge is 2.26. The normalized spacial score (nSPS) is 12.9. The van der Waals surface area contributed by atoms with Crippen molar-refractivity contribution in [2.24, 2.45) is 5.41 Å². The van der Waals surface area contributed by atoms with E-state index in [9.17, 15) is 9.90 Å². The summed E-state index contributed by atoms with van der Waals surface area (Å²) in [6.45, 7) is 19.8. The summed E-state index contributed by atoms with van der Waals surface area (Å²) in [4.78, 5) is 12.2. The number of hydrogen-bond acceptors (Lipinski definition) is 4. The molecule has 0 radical (unpaired) electrons. The van der Waals surface area contributed by atoms with E-state index in [1.165, 1.54) is 6.42 Å². The lowest BCUT2D eigenvalue weighted by atomic mass is 9.78. The number of benzene rings is 1. The van der Waals surface area contributed by atoms with Crippen LogP contribution in [0, 0.1) is 5.41 Å². The van der Waals surface area contributed by atoms with Crippen molar-refractivity contribution in [1.29, 1.82) is 0 Å². The fourth-order valence-corrected chi connectivity index (χ4v) is 4.16. The average Bonchev–Trinajstić information content (AvgIpc) is 2.53. The summed E-state index contributed by atoms with van der Waals surface area (Å²) in [6, 6.07) is 4.08. The van der Waals surface area contributed by atoms with Crippen molar-refractivity contribution < 1.29 is 14.6 Å². The van der Waals surface area contributed by atoms with Gasteiger partial charge in [0.25, 0.3) is 0 Å². The van der Waals surface area contributed by atoms with E-state index in [4.69, 9.17) is 4.74 Å². The van der Waals surface area contributed by atoms with Gasteiger partial charge in [0.05, 0.1) is 0 Å². The van der Waals surface area contributed by atoms with Gasteiger partial charge in [-0.05, 0) is 51.5 Å². The fraction of sp³-hybridized carbons (Fsp3) is 0.720. The first kappa shape index (κ1) is 25.9. The molecule has 1 N–H and O–H groups in total. The lowest BCUT2D eigenvalue weighted by Gasteiger charge is -2.28. The number of ether oxygens (including phenoxy) is 1. The summed E-state index contributed by atoms with van der Waals surface area (Å²) in [5, 5.41) is 10.8. The number of aromatic hydroxyl groups is 1. The summed E-state index contributed by atoms with van der Waals surface area (Å²) in [5.74, 6) is 2.18. The molecule has 0 aliphatic carbocycles. The first-order valence-electron chi connectivity index (χ1n) is 10.7. The van der Waals surface area contributed by atoms with Gasteiger partial charge < -0.3 is 9.84 Å². The predicted molar refractivity (Wildman–Crippen MR) is 126 cm³/mol. The topological polar surface area (TPSA) is 46.5 Å². The zero-order valence-electron chi connectivity index (χ0n) is 20.1. The monoisotopic (exact) mass is 422 g/mol. The van der Waals surface area contributed by atoms with Crippen LogP contribution in [0.2, 0.25) is 0 Å². The van der Waals surface area contributed by atoms with E-state index in [0.717, 1.165) is 28.2 Å². The van der Waals surface area contributed by atoms with Crippen LogP contribution in [0.4, 0.5) is 0 Å². The first-order chi connectivity index (χ1) is 13.1. The van der Waals surface area contributed by atoms with Crippen LogP contribution in [-0.4, -0.2) is 29.2 Å². The molecule has 1 aromatic rings. The Kier molecular flexibility index (Phi) is 9.13. The summed E-state index contributed by atoms with van der Waals surface area (Å²) >= 11 is 1.84. The summed E-state index contributed by atoms with van der Waals surface area (Å²) in [6.07, 6.45) is 2.16. The van der Waals surface area contributed by atoms with E-state index in [1.54, 1.807) is 0 Å². The molecule has 166 valence electrons. The van der Waals surface area contributed by atoms with Gasteiger partial charge in [-0.2, -0.15) is 11.8 Å². The molecule has 0 unspecified atom stereocenters. The Balaban J connectivity index is 2.64. The van der Waals surface area contributed by atoms with Crippen molar-refractivity contribution in [2.45, 2.75) is 92.4 Å². The van der Waals surface area contributed by atoms with Gasteiger partial charge in [0, 0.05) is 12.2 Å². The maximum Gasteiger partial charge on any atom is 0.306 e. The molecule has 0 aromatic heterocycles. The maximum absolute atomic E-state index is 12.2. The molecule has 1 rings (SSSR count). The van der Waals surface area contributed by atoms with Gasteiger partial charge in [-0.25, -0.2) is 0 Å². The zero-order chi connectivity index (χ0) is 22.5. The molecule has 0 saturated carbocycles. The third-order valence-corrected chi connectivity index (χ3v) is 5.84. The van der Waals surface area contributed by atoms with E-state index in [-0.39, 0.29) is 16.8 Å². The van der Waals surface area contributed by atoms with Crippen molar-refractivity contribution >= 4 is 17.7 Å². The molecule has 0 saturated heterocycles. The Morgan fingerprint density at radius 2 is 1.45 bits per heavy atom. The molecule has 0 aliphatic rings. The molecular weight excluding hydrogens is 380 g/mol. The number of thioether (sulfide) groups is 1. The standard InChI is InChI=1S/C25H42O3S/c1-23(2,3)12-14-29-15-13-28-21(26)11-10-18-16-19(24(4,5)6)22(27)20(17-18)25(7,8)9/h16-17,27H,10-15H2,1-9H3. The highest BCUT2D eigenvalue weighted by molar-refractivity contribution is 7.99. The molecule has 3 nitrogen and oxygen atoms in total. The molecule has 0 aliphatic heterocycles. The molecular formula is C25H42O3S. The third kappa shape index (κ3) is 9.46. The Morgan fingerprint density at radius 1 is 0.931 bits per heavy atom. The maximum atomic E-state index is 12.2. The van der Waals surface area contributed by atoms with Crippen LogP contribution in [0.3, 0.4) is 0 Å². The van der Waals surface area contributed by atoms with Crippen molar-refractivity contribution in [3.8, 4) is 5.75 Å². The lowest BCUT2D eigenvalue weighted by molar-refractivity contribution is -0.142. The van der Waals surface area contributed by atoms with Crippen LogP contribution >= 0.6 is 11.8 Å².